The van der Waals surface area contributed by atoms with Crippen molar-refractivity contribution in [3.63, 3.8) is 0 Å². The summed E-state index contributed by atoms with van der Waals surface area (Å²) in [5.41, 5.74) is 0. The van der Waals surface area contributed by atoms with Crippen LogP contribution in [0.1, 0.15) is 64.7 Å². The van der Waals surface area contributed by atoms with Gasteiger partial charge in [0.05, 0.1) is 13.2 Å². The summed E-state index contributed by atoms with van der Waals surface area (Å²) >= 11 is 0. The fraction of sp³-hybridized carbons (Fsp3) is 0.895. The van der Waals surface area contributed by atoms with Crippen LogP contribution in [0.15, 0.2) is 12.2 Å². The summed E-state index contributed by atoms with van der Waals surface area (Å²) in [6, 6.07) is 0. The summed E-state index contributed by atoms with van der Waals surface area (Å²) in [5.74, 6) is 0. The molecule has 0 aromatic rings. The predicted molar refractivity (Wildman–Crippen MR) is 94.9 cm³/mol. The first kappa shape index (κ1) is 21.6. The van der Waals surface area contributed by atoms with E-state index in [9.17, 15) is 10.2 Å². The molecule has 0 radical (unpaired) electrons. The molecule has 1 aliphatic heterocycles. The maximum atomic E-state index is 9.82. The standard InChI is InChI=1S/C19H36O5/c1-2-3-4-5-6-7-8-9-10-11-12-13-23-19-17(22)15-24-18(19)16(21)14-20/h9-10,16-22H,2-8,11-15H2,1H3/b10-9+/t16-,17+,18+,19+/m1/s1. The van der Waals surface area contributed by atoms with E-state index in [1.54, 1.807) is 0 Å². The van der Waals surface area contributed by atoms with Crippen molar-refractivity contribution in [2.24, 2.45) is 0 Å². The lowest BCUT2D eigenvalue weighted by Gasteiger charge is -2.23. The molecule has 3 N–H and O–H groups in total. The highest BCUT2D eigenvalue weighted by Gasteiger charge is 2.40. The van der Waals surface area contributed by atoms with Gasteiger partial charge in [-0.05, 0) is 25.7 Å². The maximum Gasteiger partial charge on any atom is 0.114 e. The minimum atomic E-state index is -1.01. The van der Waals surface area contributed by atoms with Gasteiger partial charge in [-0.2, -0.15) is 0 Å². The van der Waals surface area contributed by atoms with E-state index < -0.39 is 31.0 Å². The predicted octanol–water partition coefficient (Wildman–Crippen LogP) is 2.57. The van der Waals surface area contributed by atoms with Crippen LogP contribution in [-0.4, -0.2) is 59.6 Å². The average molecular weight is 344 g/mol. The average Bonchev–Trinajstić information content (AvgIpc) is 2.96. The minimum Gasteiger partial charge on any atom is -0.394 e. The molecule has 0 bridgehead atoms. The van der Waals surface area contributed by atoms with E-state index in [4.69, 9.17) is 14.6 Å². The van der Waals surface area contributed by atoms with Gasteiger partial charge in [-0.3, -0.25) is 0 Å². The molecule has 1 saturated heterocycles. The first-order valence-corrected chi connectivity index (χ1v) is 9.55. The van der Waals surface area contributed by atoms with Crippen molar-refractivity contribution in [2.45, 2.75) is 89.1 Å². The molecule has 1 fully saturated rings. The molecule has 142 valence electrons. The van der Waals surface area contributed by atoms with Crippen LogP contribution in [0.4, 0.5) is 0 Å². The Morgan fingerprint density at radius 1 is 1.08 bits per heavy atom. The molecule has 0 aromatic heterocycles. The summed E-state index contributed by atoms with van der Waals surface area (Å²) < 4.78 is 10.9. The number of aliphatic hydroxyl groups is 3. The van der Waals surface area contributed by atoms with Gasteiger partial charge in [0.15, 0.2) is 0 Å². The van der Waals surface area contributed by atoms with Gasteiger partial charge in [-0.25, -0.2) is 0 Å². The number of ether oxygens (including phenoxy) is 2. The van der Waals surface area contributed by atoms with Crippen molar-refractivity contribution < 1.29 is 24.8 Å². The second-order valence-electron chi connectivity index (χ2n) is 6.62. The Bertz CT molecular complexity index is 321. The summed E-state index contributed by atoms with van der Waals surface area (Å²) in [7, 11) is 0. The third-order valence-corrected chi connectivity index (χ3v) is 4.45. The summed E-state index contributed by atoms with van der Waals surface area (Å²) in [5, 5.41) is 28.5. The largest absolute Gasteiger partial charge is 0.394 e. The minimum absolute atomic E-state index is 0.143. The molecule has 0 aromatic carbocycles. The fourth-order valence-electron chi connectivity index (χ4n) is 2.96. The highest BCUT2D eigenvalue weighted by Crippen LogP contribution is 2.21. The second kappa shape index (κ2) is 13.8. The van der Waals surface area contributed by atoms with E-state index in [0.717, 1.165) is 19.3 Å². The molecule has 0 amide bonds. The first-order valence-electron chi connectivity index (χ1n) is 9.55. The number of allylic oxidation sites excluding steroid dienone is 2. The molecule has 0 saturated carbocycles. The molecule has 1 heterocycles. The van der Waals surface area contributed by atoms with Gasteiger partial charge in [0.25, 0.3) is 0 Å². The molecule has 0 aliphatic carbocycles. The van der Waals surface area contributed by atoms with Gasteiger partial charge in [-0.15, -0.1) is 0 Å². The summed E-state index contributed by atoms with van der Waals surface area (Å²) in [4.78, 5) is 0. The molecular weight excluding hydrogens is 308 g/mol. The number of aliphatic hydroxyl groups excluding tert-OH is 3. The summed E-state index contributed by atoms with van der Waals surface area (Å²) in [6.07, 6.45) is 12.4. The number of hydrogen-bond acceptors (Lipinski definition) is 5. The van der Waals surface area contributed by atoms with E-state index in [2.05, 4.69) is 19.1 Å². The van der Waals surface area contributed by atoms with Crippen LogP contribution in [0.5, 0.6) is 0 Å². The molecule has 5 heteroatoms. The molecule has 24 heavy (non-hydrogen) atoms. The Morgan fingerprint density at radius 2 is 1.75 bits per heavy atom. The van der Waals surface area contributed by atoms with Crippen molar-refractivity contribution in [1.82, 2.24) is 0 Å². The van der Waals surface area contributed by atoms with E-state index >= 15 is 0 Å². The van der Waals surface area contributed by atoms with Gasteiger partial charge >= 0.3 is 0 Å². The zero-order valence-electron chi connectivity index (χ0n) is 15.1. The maximum absolute atomic E-state index is 9.82. The lowest BCUT2D eigenvalue weighted by Crippen LogP contribution is -2.42. The molecular formula is C19H36O5. The molecule has 1 rings (SSSR count). The lowest BCUT2D eigenvalue weighted by atomic mass is 10.1. The third-order valence-electron chi connectivity index (χ3n) is 4.45. The van der Waals surface area contributed by atoms with E-state index in [-0.39, 0.29) is 6.61 Å². The second-order valence-corrected chi connectivity index (χ2v) is 6.62. The molecule has 1 aliphatic rings. The monoisotopic (exact) mass is 344 g/mol. The number of unbranched alkanes of at least 4 members (excludes halogenated alkanes) is 7. The van der Waals surface area contributed by atoms with Crippen LogP contribution < -0.4 is 0 Å². The van der Waals surface area contributed by atoms with Crippen molar-refractivity contribution in [3.8, 4) is 0 Å². The van der Waals surface area contributed by atoms with E-state index in [1.807, 2.05) is 0 Å². The Kier molecular flexibility index (Phi) is 12.4. The Labute approximate surface area is 146 Å². The van der Waals surface area contributed by atoms with Crippen LogP contribution in [0.2, 0.25) is 0 Å². The van der Waals surface area contributed by atoms with Crippen molar-refractivity contribution in [1.29, 1.82) is 0 Å². The zero-order chi connectivity index (χ0) is 17.6. The van der Waals surface area contributed by atoms with Crippen LogP contribution >= 0.6 is 0 Å². The zero-order valence-corrected chi connectivity index (χ0v) is 15.1. The molecule has 0 unspecified atom stereocenters. The van der Waals surface area contributed by atoms with Gasteiger partial charge in [0.2, 0.25) is 0 Å². The Balaban J connectivity index is 2.01. The molecule has 0 spiro atoms. The fourth-order valence-corrected chi connectivity index (χ4v) is 2.96. The van der Waals surface area contributed by atoms with Crippen molar-refractivity contribution >= 4 is 0 Å². The van der Waals surface area contributed by atoms with Crippen LogP contribution in [-0.2, 0) is 9.47 Å². The molecule has 4 atom stereocenters. The van der Waals surface area contributed by atoms with Crippen molar-refractivity contribution in [2.75, 3.05) is 19.8 Å². The van der Waals surface area contributed by atoms with Gasteiger partial charge in [0, 0.05) is 6.61 Å². The van der Waals surface area contributed by atoms with Crippen LogP contribution in [0.3, 0.4) is 0 Å². The topological polar surface area (TPSA) is 79.2 Å². The van der Waals surface area contributed by atoms with E-state index in [0.29, 0.717) is 6.61 Å². The smallest absolute Gasteiger partial charge is 0.114 e. The normalized spacial score (nSPS) is 25.6. The quantitative estimate of drug-likeness (QED) is 0.333. The highest BCUT2D eigenvalue weighted by atomic mass is 16.6. The Hall–Kier alpha value is -0.460. The highest BCUT2D eigenvalue weighted by molar-refractivity contribution is 4.89. The number of rotatable bonds is 14. The van der Waals surface area contributed by atoms with Crippen LogP contribution in [0, 0.1) is 0 Å². The van der Waals surface area contributed by atoms with Crippen molar-refractivity contribution in [3.05, 3.63) is 12.2 Å². The number of hydrogen-bond donors (Lipinski definition) is 3. The lowest BCUT2D eigenvalue weighted by molar-refractivity contribution is -0.0935. The van der Waals surface area contributed by atoms with Gasteiger partial charge < -0.3 is 24.8 Å². The van der Waals surface area contributed by atoms with Gasteiger partial charge in [0.1, 0.15) is 24.4 Å². The van der Waals surface area contributed by atoms with E-state index in [1.165, 1.54) is 38.5 Å². The Morgan fingerprint density at radius 3 is 2.46 bits per heavy atom. The summed E-state index contributed by atoms with van der Waals surface area (Å²) in [6.45, 7) is 2.51. The molecule has 5 nitrogen and oxygen atoms in total. The first-order chi connectivity index (χ1) is 11.7. The third kappa shape index (κ3) is 8.58. The van der Waals surface area contributed by atoms with Crippen LogP contribution in [0.25, 0.3) is 0 Å². The SMILES string of the molecule is CCCCCCCC/C=C/CCCO[C@@H]1[C@H]([C@H](O)CO)OC[C@@H]1O. The van der Waals surface area contributed by atoms with Gasteiger partial charge in [-0.1, -0.05) is 51.2 Å².